The summed E-state index contributed by atoms with van der Waals surface area (Å²) >= 11 is 0. The molecule has 4 rings (SSSR count). The summed E-state index contributed by atoms with van der Waals surface area (Å²) in [5.74, 6) is -1.52. The quantitative estimate of drug-likeness (QED) is 0.779. The third-order valence-corrected chi connectivity index (χ3v) is 6.57. The summed E-state index contributed by atoms with van der Waals surface area (Å²) in [4.78, 5) is 27.7. The van der Waals surface area contributed by atoms with Crippen LogP contribution in [-0.2, 0) is 19.6 Å². The van der Waals surface area contributed by atoms with E-state index in [2.05, 4.69) is 10.3 Å². The van der Waals surface area contributed by atoms with E-state index in [4.69, 9.17) is 9.84 Å². The van der Waals surface area contributed by atoms with Gasteiger partial charge in [0.25, 0.3) is 5.91 Å². The Morgan fingerprint density at radius 2 is 1.79 bits per heavy atom. The third kappa shape index (κ3) is 3.65. The van der Waals surface area contributed by atoms with E-state index in [-0.39, 0.29) is 29.3 Å². The average molecular weight is 415 g/mol. The number of carbonyl (C=O) groups excluding carboxylic acids is 1. The number of anilines is 1. The molecular formula is C19H17N3O6S. The molecule has 2 heterocycles. The number of hydrogen-bond acceptors (Lipinski definition) is 6. The number of benzene rings is 2. The highest BCUT2D eigenvalue weighted by Gasteiger charge is 2.31. The van der Waals surface area contributed by atoms with Crippen molar-refractivity contribution in [2.75, 3.05) is 31.6 Å². The SMILES string of the molecule is O=C1Nc2ccc(S(=O)(=O)N3CCOCC3)cc2C1=Nc1ccc(C(=O)O)cc1. The van der Waals surface area contributed by atoms with Gasteiger partial charge in [0.2, 0.25) is 10.0 Å². The summed E-state index contributed by atoms with van der Waals surface area (Å²) in [6.07, 6.45) is 0. The van der Waals surface area contributed by atoms with E-state index >= 15 is 0 Å². The Bertz CT molecular complexity index is 1120. The van der Waals surface area contributed by atoms with Gasteiger partial charge in [-0.15, -0.1) is 0 Å². The normalized spacial score (nSPS) is 18.5. The second-order valence-corrected chi connectivity index (χ2v) is 8.43. The summed E-state index contributed by atoms with van der Waals surface area (Å²) in [7, 11) is -3.72. The second kappa shape index (κ2) is 7.39. The molecule has 150 valence electrons. The Kier molecular flexibility index (Phi) is 4.91. The number of carbonyl (C=O) groups is 2. The van der Waals surface area contributed by atoms with Gasteiger partial charge in [0, 0.05) is 18.7 Å². The number of carboxylic acids is 1. The molecule has 0 saturated carbocycles. The lowest BCUT2D eigenvalue weighted by atomic mass is 10.1. The molecule has 0 atom stereocenters. The number of aliphatic imine (C=N–C) groups is 1. The lowest BCUT2D eigenvalue weighted by Gasteiger charge is -2.26. The zero-order chi connectivity index (χ0) is 20.6. The van der Waals surface area contributed by atoms with E-state index in [1.54, 1.807) is 0 Å². The molecular weight excluding hydrogens is 398 g/mol. The Morgan fingerprint density at radius 1 is 1.10 bits per heavy atom. The smallest absolute Gasteiger partial charge is 0.335 e. The maximum Gasteiger partial charge on any atom is 0.335 e. The van der Waals surface area contributed by atoms with Crippen LogP contribution in [-0.4, -0.2) is 61.7 Å². The maximum absolute atomic E-state index is 12.9. The minimum Gasteiger partial charge on any atom is -0.478 e. The summed E-state index contributed by atoms with van der Waals surface area (Å²) in [5.41, 5.74) is 1.41. The van der Waals surface area contributed by atoms with E-state index in [1.807, 2.05) is 0 Å². The molecule has 2 aromatic rings. The zero-order valence-electron chi connectivity index (χ0n) is 15.2. The molecule has 0 radical (unpaired) electrons. The summed E-state index contributed by atoms with van der Waals surface area (Å²) in [6.45, 7) is 1.22. The lowest BCUT2D eigenvalue weighted by molar-refractivity contribution is -0.110. The van der Waals surface area contributed by atoms with Crippen molar-refractivity contribution in [1.82, 2.24) is 4.31 Å². The van der Waals surface area contributed by atoms with Crippen molar-refractivity contribution in [2.45, 2.75) is 4.90 Å². The largest absolute Gasteiger partial charge is 0.478 e. The molecule has 1 saturated heterocycles. The van der Waals surface area contributed by atoms with Crippen LogP contribution in [0, 0.1) is 0 Å². The third-order valence-electron chi connectivity index (χ3n) is 4.67. The van der Waals surface area contributed by atoms with Crippen LogP contribution < -0.4 is 5.32 Å². The number of hydrogen-bond donors (Lipinski definition) is 2. The molecule has 0 aliphatic carbocycles. The fourth-order valence-electron chi connectivity index (χ4n) is 3.15. The van der Waals surface area contributed by atoms with E-state index < -0.39 is 21.9 Å². The van der Waals surface area contributed by atoms with Gasteiger partial charge < -0.3 is 15.2 Å². The molecule has 1 fully saturated rings. The molecule has 0 spiro atoms. The van der Waals surface area contributed by atoms with Crippen LogP contribution in [0.2, 0.25) is 0 Å². The number of nitrogens with zero attached hydrogens (tertiary/aromatic N) is 2. The number of aromatic carboxylic acids is 1. The van der Waals surface area contributed by atoms with E-state index in [9.17, 15) is 18.0 Å². The molecule has 0 unspecified atom stereocenters. The minimum atomic E-state index is -3.72. The first-order chi connectivity index (χ1) is 13.9. The zero-order valence-corrected chi connectivity index (χ0v) is 16.0. The van der Waals surface area contributed by atoms with Gasteiger partial charge >= 0.3 is 5.97 Å². The molecule has 2 N–H and O–H groups in total. The molecule has 9 nitrogen and oxygen atoms in total. The summed E-state index contributed by atoms with van der Waals surface area (Å²) in [5, 5.41) is 11.6. The molecule has 29 heavy (non-hydrogen) atoms. The highest BCUT2D eigenvalue weighted by Crippen LogP contribution is 2.29. The number of sulfonamides is 1. The molecule has 2 aromatic carbocycles. The van der Waals surface area contributed by atoms with Crippen molar-refractivity contribution in [3.63, 3.8) is 0 Å². The Balaban J connectivity index is 1.71. The van der Waals surface area contributed by atoms with Crippen molar-refractivity contribution in [2.24, 2.45) is 4.99 Å². The first-order valence-electron chi connectivity index (χ1n) is 8.82. The van der Waals surface area contributed by atoms with Crippen molar-refractivity contribution in [3.05, 3.63) is 53.6 Å². The predicted molar refractivity (Wildman–Crippen MR) is 104 cm³/mol. The van der Waals surface area contributed by atoms with Gasteiger partial charge in [0.05, 0.1) is 35.0 Å². The first kappa shape index (κ1) is 19.2. The van der Waals surface area contributed by atoms with Gasteiger partial charge in [0.15, 0.2) is 0 Å². The van der Waals surface area contributed by atoms with Gasteiger partial charge in [-0.3, -0.25) is 4.79 Å². The maximum atomic E-state index is 12.9. The highest BCUT2D eigenvalue weighted by molar-refractivity contribution is 7.89. The van der Waals surface area contributed by atoms with E-state index in [1.165, 1.54) is 46.8 Å². The van der Waals surface area contributed by atoms with Crippen LogP contribution >= 0.6 is 0 Å². The molecule has 10 heteroatoms. The fraction of sp³-hybridized carbons (Fsp3) is 0.211. The molecule has 0 aromatic heterocycles. The Labute approximate surface area is 166 Å². The van der Waals surface area contributed by atoms with Gasteiger partial charge in [-0.25, -0.2) is 18.2 Å². The second-order valence-electron chi connectivity index (χ2n) is 6.49. The van der Waals surface area contributed by atoms with Crippen molar-refractivity contribution < 1.29 is 27.9 Å². The number of morpholine rings is 1. The fourth-order valence-corrected chi connectivity index (χ4v) is 4.58. The summed E-state index contributed by atoms with van der Waals surface area (Å²) in [6, 6.07) is 10.2. The Morgan fingerprint density at radius 3 is 2.45 bits per heavy atom. The first-order valence-corrected chi connectivity index (χ1v) is 10.3. The van der Waals surface area contributed by atoms with Gasteiger partial charge in [-0.2, -0.15) is 4.31 Å². The monoisotopic (exact) mass is 415 g/mol. The predicted octanol–water partition coefficient (Wildman–Crippen LogP) is 1.48. The minimum absolute atomic E-state index is 0.0714. The molecule has 2 aliphatic rings. The van der Waals surface area contributed by atoms with Crippen LogP contribution in [0.5, 0.6) is 0 Å². The number of carboxylic acid groups (broad SMARTS) is 1. The summed E-state index contributed by atoms with van der Waals surface area (Å²) < 4.78 is 32.4. The van der Waals surface area contributed by atoms with Crippen LogP contribution in [0.15, 0.2) is 52.4 Å². The average Bonchev–Trinajstić information content (AvgIpc) is 3.03. The molecule has 1 amide bonds. The van der Waals surface area contributed by atoms with Gasteiger partial charge in [-0.1, -0.05) is 0 Å². The number of nitrogens with one attached hydrogen (secondary N) is 1. The van der Waals surface area contributed by atoms with Crippen LogP contribution in [0.3, 0.4) is 0 Å². The van der Waals surface area contributed by atoms with Crippen LogP contribution in [0.25, 0.3) is 0 Å². The molecule has 2 aliphatic heterocycles. The van der Waals surface area contributed by atoms with Crippen LogP contribution in [0.4, 0.5) is 11.4 Å². The standard InChI is InChI=1S/C19H17N3O6S/c23-18-17(20-13-3-1-12(2-4-13)19(24)25)15-11-14(5-6-16(15)21-18)29(26,27)22-7-9-28-10-8-22/h1-6,11H,7-10H2,(H,24,25)(H,20,21,23). The van der Waals surface area contributed by atoms with Crippen molar-refractivity contribution >= 4 is 39.0 Å². The number of amides is 1. The molecule has 0 bridgehead atoms. The van der Waals surface area contributed by atoms with Gasteiger partial charge in [-0.05, 0) is 42.5 Å². The van der Waals surface area contributed by atoms with Crippen molar-refractivity contribution in [1.29, 1.82) is 0 Å². The number of fused-ring (bicyclic) bond motifs is 1. The van der Waals surface area contributed by atoms with Crippen molar-refractivity contribution in [3.8, 4) is 0 Å². The lowest BCUT2D eigenvalue weighted by Crippen LogP contribution is -2.40. The number of ether oxygens (including phenoxy) is 1. The van der Waals surface area contributed by atoms with Gasteiger partial charge in [0.1, 0.15) is 5.71 Å². The van der Waals surface area contributed by atoms with E-state index in [0.29, 0.717) is 30.2 Å². The highest BCUT2D eigenvalue weighted by atomic mass is 32.2. The topological polar surface area (TPSA) is 125 Å². The number of rotatable bonds is 4. The van der Waals surface area contributed by atoms with Crippen LogP contribution in [0.1, 0.15) is 15.9 Å². The van der Waals surface area contributed by atoms with E-state index in [0.717, 1.165) is 0 Å². The Hall–Kier alpha value is -3.08.